The van der Waals surface area contributed by atoms with Gasteiger partial charge in [0.25, 0.3) is 0 Å². The van der Waals surface area contributed by atoms with Gasteiger partial charge in [-0.25, -0.2) is 0 Å². The highest BCUT2D eigenvalue weighted by Gasteiger charge is 2.53. The Kier molecular flexibility index (Phi) is 2.41. The van der Waals surface area contributed by atoms with E-state index in [4.69, 9.17) is 5.73 Å². The van der Waals surface area contributed by atoms with Crippen molar-refractivity contribution in [3.63, 3.8) is 0 Å². The molecule has 2 atom stereocenters. The molecule has 0 amide bonds. The molecule has 2 unspecified atom stereocenters. The normalized spacial score (nSPS) is 30.7. The van der Waals surface area contributed by atoms with Gasteiger partial charge in [-0.15, -0.1) is 11.3 Å². The number of aliphatic hydroxyl groups excluding tert-OH is 1. The molecular weight excluding hydrogens is 194 g/mol. The second kappa shape index (κ2) is 3.33. The van der Waals surface area contributed by atoms with Crippen LogP contribution in [0.4, 0.5) is 0 Å². The molecule has 1 heterocycles. The zero-order valence-electron chi connectivity index (χ0n) is 8.71. The minimum Gasteiger partial charge on any atom is -0.396 e. The van der Waals surface area contributed by atoms with Crippen LogP contribution in [0.2, 0.25) is 0 Å². The second-order valence-corrected chi connectivity index (χ2v) is 5.81. The smallest absolute Gasteiger partial charge is 0.0505 e. The van der Waals surface area contributed by atoms with Crippen molar-refractivity contribution < 1.29 is 5.11 Å². The standard InChI is InChI=1S/C11H17NOS/c1-7-3-9(8(2)14-7)10-4-11(10,5-12)6-13/h3,10,13H,4-6,12H2,1-2H3. The summed E-state index contributed by atoms with van der Waals surface area (Å²) in [4.78, 5) is 2.74. The van der Waals surface area contributed by atoms with Gasteiger partial charge in [-0.05, 0) is 37.8 Å². The SMILES string of the molecule is Cc1cc(C2CC2(CN)CO)c(C)s1. The summed E-state index contributed by atoms with van der Waals surface area (Å²) in [5.74, 6) is 0.502. The molecule has 0 saturated heterocycles. The summed E-state index contributed by atoms with van der Waals surface area (Å²) >= 11 is 1.84. The summed E-state index contributed by atoms with van der Waals surface area (Å²) in [7, 11) is 0. The van der Waals surface area contributed by atoms with Crippen LogP contribution in [-0.4, -0.2) is 18.3 Å². The van der Waals surface area contributed by atoms with Crippen LogP contribution in [0.3, 0.4) is 0 Å². The van der Waals surface area contributed by atoms with Gasteiger partial charge in [-0.2, -0.15) is 0 Å². The molecule has 14 heavy (non-hydrogen) atoms. The van der Waals surface area contributed by atoms with Gasteiger partial charge in [0.2, 0.25) is 0 Å². The molecule has 1 fully saturated rings. The molecule has 1 saturated carbocycles. The van der Waals surface area contributed by atoms with Crippen molar-refractivity contribution in [2.75, 3.05) is 13.2 Å². The highest BCUT2D eigenvalue weighted by molar-refractivity contribution is 7.12. The zero-order valence-corrected chi connectivity index (χ0v) is 9.53. The van der Waals surface area contributed by atoms with E-state index in [-0.39, 0.29) is 12.0 Å². The minimum absolute atomic E-state index is 0.00171. The first-order chi connectivity index (χ1) is 6.63. The Hall–Kier alpha value is -0.380. The van der Waals surface area contributed by atoms with Crippen molar-refractivity contribution in [1.29, 1.82) is 0 Å². The van der Waals surface area contributed by atoms with Gasteiger partial charge in [0.1, 0.15) is 0 Å². The van der Waals surface area contributed by atoms with Crippen LogP contribution in [0.25, 0.3) is 0 Å². The Bertz CT molecular complexity index is 341. The lowest BCUT2D eigenvalue weighted by Gasteiger charge is -2.10. The molecule has 3 N–H and O–H groups in total. The van der Waals surface area contributed by atoms with Gasteiger partial charge in [-0.1, -0.05) is 0 Å². The monoisotopic (exact) mass is 211 g/mol. The van der Waals surface area contributed by atoms with E-state index in [0.717, 1.165) is 6.42 Å². The average Bonchev–Trinajstić information content (AvgIpc) is 2.80. The van der Waals surface area contributed by atoms with E-state index >= 15 is 0 Å². The van der Waals surface area contributed by atoms with Crippen LogP contribution >= 0.6 is 11.3 Å². The molecule has 1 aliphatic carbocycles. The first kappa shape index (κ1) is 10.1. The molecule has 1 aliphatic rings. The molecule has 0 aliphatic heterocycles. The number of aryl methyl sites for hydroxylation is 2. The van der Waals surface area contributed by atoms with Crippen LogP contribution in [0.1, 0.15) is 27.7 Å². The van der Waals surface area contributed by atoms with E-state index in [1.54, 1.807) is 0 Å². The van der Waals surface area contributed by atoms with Gasteiger partial charge in [0.05, 0.1) is 6.61 Å². The first-order valence-electron chi connectivity index (χ1n) is 5.01. The predicted octanol–water partition coefficient (Wildman–Crippen LogP) is 1.79. The van der Waals surface area contributed by atoms with E-state index in [9.17, 15) is 5.11 Å². The van der Waals surface area contributed by atoms with Gasteiger partial charge in [-0.3, -0.25) is 0 Å². The molecule has 2 nitrogen and oxygen atoms in total. The zero-order chi connectivity index (χ0) is 10.3. The van der Waals surface area contributed by atoms with Crippen LogP contribution < -0.4 is 5.73 Å². The van der Waals surface area contributed by atoms with E-state index in [1.165, 1.54) is 15.3 Å². The molecule has 0 radical (unpaired) electrons. The number of aliphatic hydroxyl groups is 1. The highest BCUT2D eigenvalue weighted by Crippen LogP contribution is 2.59. The van der Waals surface area contributed by atoms with Crippen LogP contribution in [0, 0.1) is 19.3 Å². The Labute approximate surface area is 88.8 Å². The summed E-state index contributed by atoms with van der Waals surface area (Å²) in [6.07, 6.45) is 1.05. The van der Waals surface area contributed by atoms with Crippen molar-refractivity contribution in [3.8, 4) is 0 Å². The Balaban J connectivity index is 2.23. The van der Waals surface area contributed by atoms with Gasteiger partial charge < -0.3 is 10.8 Å². The molecule has 78 valence electrons. The molecule has 0 aromatic carbocycles. The predicted molar refractivity (Wildman–Crippen MR) is 59.7 cm³/mol. The Morgan fingerprint density at radius 2 is 2.36 bits per heavy atom. The van der Waals surface area contributed by atoms with Crippen molar-refractivity contribution in [2.45, 2.75) is 26.2 Å². The number of hydrogen-bond acceptors (Lipinski definition) is 3. The lowest BCUT2D eigenvalue weighted by molar-refractivity contribution is 0.211. The van der Waals surface area contributed by atoms with Gasteiger partial charge in [0.15, 0.2) is 0 Å². The molecule has 0 bridgehead atoms. The van der Waals surface area contributed by atoms with Crippen molar-refractivity contribution >= 4 is 11.3 Å². The summed E-state index contributed by atoms with van der Waals surface area (Å²) in [6, 6.07) is 2.25. The summed E-state index contributed by atoms with van der Waals surface area (Å²) in [5.41, 5.74) is 7.11. The third-order valence-corrected chi connectivity index (χ3v) is 4.35. The Morgan fingerprint density at radius 3 is 2.71 bits per heavy atom. The van der Waals surface area contributed by atoms with E-state index in [0.29, 0.717) is 12.5 Å². The highest BCUT2D eigenvalue weighted by atomic mass is 32.1. The Morgan fingerprint density at radius 1 is 1.64 bits per heavy atom. The lowest BCUT2D eigenvalue weighted by Crippen LogP contribution is -2.21. The molecule has 0 spiro atoms. The molecule has 1 aromatic rings. The van der Waals surface area contributed by atoms with Gasteiger partial charge in [0, 0.05) is 21.7 Å². The number of rotatable bonds is 3. The number of thiophene rings is 1. The van der Waals surface area contributed by atoms with Crippen molar-refractivity contribution in [1.82, 2.24) is 0 Å². The number of nitrogens with two attached hydrogens (primary N) is 1. The molecular formula is C11H17NOS. The fourth-order valence-electron chi connectivity index (χ4n) is 2.25. The second-order valence-electron chi connectivity index (χ2n) is 4.35. The maximum absolute atomic E-state index is 9.31. The van der Waals surface area contributed by atoms with Crippen LogP contribution in [0.5, 0.6) is 0 Å². The topological polar surface area (TPSA) is 46.2 Å². The van der Waals surface area contributed by atoms with Crippen LogP contribution in [-0.2, 0) is 0 Å². The fourth-order valence-corrected chi connectivity index (χ4v) is 3.24. The van der Waals surface area contributed by atoms with E-state index < -0.39 is 0 Å². The first-order valence-corrected chi connectivity index (χ1v) is 5.82. The lowest BCUT2D eigenvalue weighted by atomic mass is 10.0. The van der Waals surface area contributed by atoms with Crippen molar-refractivity contribution in [2.24, 2.45) is 11.1 Å². The largest absolute Gasteiger partial charge is 0.396 e. The quantitative estimate of drug-likeness (QED) is 0.800. The summed E-state index contributed by atoms with van der Waals surface area (Å²) < 4.78 is 0. The molecule has 2 rings (SSSR count). The van der Waals surface area contributed by atoms with Crippen molar-refractivity contribution in [3.05, 3.63) is 21.4 Å². The molecule has 3 heteroatoms. The van der Waals surface area contributed by atoms with Gasteiger partial charge >= 0.3 is 0 Å². The third kappa shape index (κ3) is 1.40. The molecule has 1 aromatic heterocycles. The van der Waals surface area contributed by atoms with E-state index in [2.05, 4.69) is 19.9 Å². The maximum atomic E-state index is 9.31. The third-order valence-electron chi connectivity index (χ3n) is 3.37. The number of hydrogen-bond donors (Lipinski definition) is 2. The fraction of sp³-hybridized carbons (Fsp3) is 0.636. The summed E-state index contributed by atoms with van der Waals surface area (Å²) in [5, 5.41) is 9.31. The average molecular weight is 211 g/mol. The minimum atomic E-state index is -0.00171. The maximum Gasteiger partial charge on any atom is 0.0505 e. The van der Waals surface area contributed by atoms with Crippen LogP contribution in [0.15, 0.2) is 6.07 Å². The summed E-state index contributed by atoms with van der Waals surface area (Å²) in [6.45, 7) is 5.11. The van der Waals surface area contributed by atoms with E-state index in [1.807, 2.05) is 11.3 Å².